The van der Waals surface area contributed by atoms with Crippen LogP contribution in [0.5, 0.6) is 0 Å². The highest BCUT2D eigenvalue weighted by Crippen LogP contribution is 2.03. The van der Waals surface area contributed by atoms with Crippen molar-refractivity contribution < 1.29 is 0 Å². The van der Waals surface area contributed by atoms with Crippen LogP contribution in [0.25, 0.3) is 0 Å². The first-order valence-corrected chi connectivity index (χ1v) is 5.90. The van der Waals surface area contributed by atoms with Crippen LogP contribution in [-0.2, 0) is 6.54 Å². The number of aromatic nitrogens is 1. The first-order chi connectivity index (χ1) is 6.43. The fraction of sp³-hybridized carbons (Fsp3) is 0.700. The smallest absolute Gasteiger partial charge is 0.106 e. The van der Waals surface area contributed by atoms with E-state index >= 15 is 0 Å². The van der Waals surface area contributed by atoms with Crippen LogP contribution in [0.3, 0.4) is 0 Å². The van der Waals surface area contributed by atoms with Gasteiger partial charge < -0.3 is 5.32 Å². The van der Waals surface area contributed by atoms with Crippen molar-refractivity contribution in [2.75, 3.05) is 6.54 Å². The molecule has 0 amide bonds. The quantitative estimate of drug-likeness (QED) is 0.681. The zero-order valence-corrected chi connectivity index (χ0v) is 9.07. The summed E-state index contributed by atoms with van der Waals surface area (Å²) in [5, 5.41) is 6.61. The van der Waals surface area contributed by atoms with Crippen molar-refractivity contribution in [1.29, 1.82) is 0 Å². The van der Waals surface area contributed by atoms with Crippen LogP contribution in [0.1, 0.15) is 37.6 Å². The van der Waals surface area contributed by atoms with Gasteiger partial charge in [0.25, 0.3) is 0 Å². The molecule has 13 heavy (non-hydrogen) atoms. The second-order valence-electron chi connectivity index (χ2n) is 3.16. The van der Waals surface area contributed by atoms with Gasteiger partial charge in [0.05, 0.1) is 0 Å². The highest BCUT2D eigenvalue weighted by molar-refractivity contribution is 7.09. The zero-order chi connectivity index (χ0) is 9.36. The van der Waals surface area contributed by atoms with Crippen molar-refractivity contribution in [2.24, 2.45) is 0 Å². The molecule has 1 aromatic rings. The molecule has 0 saturated carbocycles. The number of hydrogen-bond donors (Lipinski definition) is 1. The first-order valence-electron chi connectivity index (χ1n) is 5.02. The molecule has 0 aliphatic carbocycles. The van der Waals surface area contributed by atoms with Gasteiger partial charge in [0.1, 0.15) is 5.01 Å². The van der Waals surface area contributed by atoms with E-state index in [1.54, 1.807) is 11.3 Å². The van der Waals surface area contributed by atoms with Gasteiger partial charge in [-0.15, -0.1) is 11.3 Å². The first kappa shape index (κ1) is 10.7. The highest BCUT2D eigenvalue weighted by Gasteiger charge is 1.93. The van der Waals surface area contributed by atoms with Crippen LogP contribution in [0.2, 0.25) is 0 Å². The Kier molecular flexibility index (Phi) is 5.78. The molecule has 2 nitrogen and oxygen atoms in total. The molecule has 1 heterocycles. The number of nitrogens with one attached hydrogen (secondary N) is 1. The van der Waals surface area contributed by atoms with E-state index in [2.05, 4.69) is 17.2 Å². The average Bonchev–Trinajstić information content (AvgIpc) is 2.63. The predicted molar refractivity (Wildman–Crippen MR) is 58.0 cm³/mol. The molecule has 1 rings (SSSR count). The van der Waals surface area contributed by atoms with E-state index in [0.29, 0.717) is 0 Å². The second kappa shape index (κ2) is 7.04. The molecule has 0 aromatic carbocycles. The third-order valence-corrected chi connectivity index (χ3v) is 2.75. The number of unbranched alkanes of at least 4 members (excludes halogenated alkanes) is 3. The van der Waals surface area contributed by atoms with E-state index in [4.69, 9.17) is 0 Å². The Morgan fingerprint density at radius 2 is 2.31 bits per heavy atom. The number of hydrogen-bond acceptors (Lipinski definition) is 3. The summed E-state index contributed by atoms with van der Waals surface area (Å²) in [4.78, 5) is 4.21. The topological polar surface area (TPSA) is 24.9 Å². The maximum Gasteiger partial charge on any atom is 0.106 e. The summed E-state index contributed by atoms with van der Waals surface area (Å²) in [5.74, 6) is 0. The van der Waals surface area contributed by atoms with Crippen LogP contribution in [0.4, 0.5) is 0 Å². The summed E-state index contributed by atoms with van der Waals surface area (Å²) < 4.78 is 0. The lowest BCUT2D eigenvalue weighted by Gasteiger charge is -2.01. The number of rotatable bonds is 7. The molecular formula is C10H18N2S. The molecule has 74 valence electrons. The molecule has 0 unspecified atom stereocenters. The van der Waals surface area contributed by atoms with Gasteiger partial charge in [-0.2, -0.15) is 0 Å². The van der Waals surface area contributed by atoms with Crippen molar-refractivity contribution >= 4 is 11.3 Å². The monoisotopic (exact) mass is 198 g/mol. The summed E-state index contributed by atoms with van der Waals surface area (Å²) in [7, 11) is 0. The fourth-order valence-corrected chi connectivity index (χ4v) is 1.80. The molecule has 0 bridgehead atoms. The van der Waals surface area contributed by atoms with Crippen molar-refractivity contribution in [1.82, 2.24) is 10.3 Å². The van der Waals surface area contributed by atoms with E-state index in [1.807, 2.05) is 11.6 Å². The Labute approximate surface area is 84.4 Å². The van der Waals surface area contributed by atoms with Gasteiger partial charge in [-0.3, -0.25) is 0 Å². The lowest BCUT2D eigenvalue weighted by atomic mass is 10.2. The number of thiazole rings is 1. The maximum absolute atomic E-state index is 4.21. The van der Waals surface area contributed by atoms with Gasteiger partial charge in [0, 0.05) is 18.1 Å². The Morgan fingerprint density at radius 3 is 3.00 bits per heavy atom. The summed E-state index contributed by atoms with van der Waals surface area (Å²) in [6.07, 6.45) is 7.17. The van der Waals surface area contributed by atoms with Gasteiger partial charge in [0.15, 0.2) is 0 Å². The van der Waals surface area contributed by atoms with Crippen molar-refractivity contribution in [3.63, 3.8) is 0 Å². The third kappa shape index (κ3) is 5.01. The Balaban J connectivity index is 1.90. The third-order valence-electron chi connectivity index (χ3n) is 1.97. The molecule has 0 aliphatic heterocycles. The van der Waals surface area contributed by atoms with E-state index in [-0.39, 0.29) is 0 Å². The van der Waals surface area contributed by atoms with Crippen LogP contribution in [0, 0.1) is 0 Å². The number of nitrogens with zero attached hydrogens (tertiary/aromatic N) is 1. The van der Waals surface area contributed by atoms with Crippen molar-refractivity contribution in [3.05, 3.63) is 16.6 Å². The molecular weight excluding hydrogens is 180 g/mol. The van der Waals surface area contributed by atoms with Crippen LogP contribution >= 0.6 is 11.3 Å². The van der Waals surface area contributed by atoms with Gasteiger partial charge in [0.2, 0.25) is 0 Å². The minimum atomic E-state index is 0.934. The second-order valence-corrected chi connectivity index (χ2v) is 4.14. The largest absolute Gasteiger partial charge is 0.310 e. The van der Waals surface area contributed by atoms with Gasteiger partial charge in [-0.05, 0) is 13.0 Å². The molecule has 0 aliphatic rings. The lowest BCUT2D eigenvalue weighted by molar-refractivity contribution is 0.597. The minimum absolute atomic E-state index is 0.934. The summed E-state index contributed by atoms with van der Waals surface area (Å²) in [6.45, 7) is 4.30. The Bertz CT molecular complexity index is 197. The normalized spacial score (nSPS) is 10.5. The lowest BCUT2D eigenvalue weighted by Crippen LogP contribution is -2.14. The van der Waals surface area contributed by atoms with E-state index in [9.17, 15) is 0 Å². The summed E-state index contributed by atoms with van der Waals surface area (Å²) >= 11 is 1.72. The predicted octanol–water partition coefficient (Wildman–Crippen LogP) is 2.81. The molecule has 3 heteroatoms. The maximum atomic E-state index is 4.21. The SMILES string of the molecule is CCCCCCNCc1nccs1. The standard InChI is InChI=1S/C10H18N2S/c1-2-3-4-5-6-11-9-10-12-7-8-13-10/h7-8,11H,2-6,9H2,1H3. The fourth-order valence-electron chi connectivity index (χ4n) is 1.21. The highest BCUT2D eigenvalue weighted by atomic mass is 32.1. The van der Waals surface area contributed by atoms with Crippen molar-refractivity contribution in [2.45, 2.75) is 39.2 Å². The Hall–Kier alpha value is -0.410. The van der Waals surface area contributed by atoms with Crippen LogP contribution in [0.15, 0.2) is 11.6 Å². The van der Waals surface area contributed by atoms with Gasteiger partial charge >= 0.3 is 0 Å². The van der Waals surface area contributed by atoms with Crippen LogP contribution < -0.4 is 5.32 Å². The summed E-state index contributed by atoms with van der Waals surface area (Å²) in [6, 6.07) is 0. The van der Waals surface area contributed by atoms with E-state index in [0.717, 1.165) is 13.1 Å². The summed E-state index contributed by atoms with van der Waals surface area (Å²) in [5.41, 5.74) is 0. The van der Waals surface area contributed by atoms with E-state index < -0.39 is 0 Å². The molecule has 0 atom stereocenters. The molecule has 0 saturated heterocycles. The zero-order valence-electron chi connectivity index (χ0n) is 8.25. The van der Waals surface area contributed by atoms with Gasteiger partial charge in [-0.1, -0.05) is 26.2 Å². The van der Waals surface area contributed by atoms with Crippen molar-refractivity contribution in [3.8, 4) is 0 Å². The minimum Gasteiger partial charge on any atom is -0.310 e. The average molecular weight is 198 g/mol. The molecule has 0 fully saturated rings. The van der Waals surface area contributed by atoms with Gasteiger partial charge in [-0.25, -0.2) is 4.98 Å². The molecule has 0 radical (unpaired) electrons. The molecule has 1 aromatic heterocycles. The Morgan fingerprint density at radius 1 is 1.38 bits per heavy atom. The molecule has 0 spiro atoms. The van der Waals surface area contributed by atoms with Crippen LogP contribution in [-0.4, -0.2) is 11.5 Å². The van der Waals surface area contributed by atoms with E-state index in [1.165, 1.54) is 30.7 Å². The molecule has 1 N–H and O–H groups in total.